The Bertz CT molecular complexity index is 1220. The van der Waals surface area contributed by atoms with Crippen LogP contribution < -0.4 is 5.32 Å². The van der Waals surface area contributed by atoms with E-state index in [0.29, 0.717) is 29.5 Å². The number of rotatable bonds is 6. The number of fused-ring (bicyclic) bond motifs is 3. The summed E-state index contributed by atoms with van der Waals surface area (Å²) < 4.78 is 41.1. The van der Waals surface area contributed by atoms with Crippen molar-refractivity contribution in [3.8, 4) is 0 Å². The zero-order chi connectivity index (χ0) is 22.2. The van der Waals surface area contributed by atoms with Gasteiger partial charge in [0.2, 0.25) is 5.95 Å². The Morgan fingerprint density at radius 1 is 1.03 bits per heavy atom. The van der Waals surface area contributed by atoms with Gasteiger partial charge in [0.05, 0.1) is 5.52 Å². The third-order valence-electron chi connectivity index (χ3n) is 4.85. The van der Waals surface area contributed by atoms with Crippen LogP contribution in [0.1, 0.15) is 11.1 Å². The monoisotopic (exact) mass is 447 g/mol. The molecule has 0 spiro atoms. The molecule has 0 saturated carbocycles. The van der Waals surface area contributed by atoms with Gasteiger partial charge in [0.15, 0.2) is 5.15 Å². The zero-order valence-corrected chi connectivity index (χ0v) is 17.8. The number of hydrogen-bond donors (Lipinski definition) is 1. The van der Waals surface area contributed by atoms with Gasteiger partial charge in [0, 0.05) is 18.5 Å². The van der Waals surface area contributed by atoms with E-state index < -0.39 is 12.7 Å². The Hall–Kier alpha value is -2.84. The third kappa shape index (κ3) is 4.75. The van der Waals surface area contributed by atoms with Crippen LogP contribution in [0.25, 0.3) is 21.9 Å². The van der Waals surface area contributed by atoms with Gasteiger partial charge in [-0.15, -0.1) is 0 Å². The molecule has 2 aromatic carbocycles. The maximum atomic E-state index is 13.3. The van der Waals surface area contributed by atoms with Gasteiger partial charge in [-0.1, -0.05) is 48.0 Å². The number of anilines is 1. The van der Waals surface area contributed by atoms with E-state index in [2.05, 4.69) is 15.3 Å². The Kier molecular flexibility index (Phi) is 5.77. The molecule has 4 rings (SSSR count). The largest absolute Gasteiger partial charge is 0.406 e. The Morgan fingerprint density at radius 3 is 2.45 bits per heavy atom. The van der Waals surface area contributed by atoms with Gasteiger partial charge in [0.1, 0.15) is 17.6 Å². The molecule has 0 fully saturated rings. The van der Waals surface area contributed by atoms with E-state index in [1.54, 1.807) is 6.07 Å². The van der Waals surface area contributed by atoms with Gasteiger partial charge in [0.25, 0.3) is 0 Å². The third-order valence-corrected chi connectivity index (χ3v) is 5.11. The maximum Gasteiger partial charge on any atom is 0.406 e. The lowest BCUT2D eigenvalue weighted by Gasteiger charge is -2.12. The van der Waals surface area contributed by atoms with Gasteiger partial charge in [-0.05, 0) is 37.4 Å². The van der Waals surface area contributed by atoms with Crippen molar-refractivity contribution >= 4 is 39.5 Å². The molecule has 4 aromatic rings. The van der Waals surface area contributed by atoms with Crippen molar-refractivity contribution in [2.75, 3.05) is 19.4 Å². The summed E-state index contributed by atoms with van der Waals surface area (Å²) in [6.07, 6.45) is -4.41. The molecule has 0 bridgehead atoms. The molecule has 0 aliphatic rings. The minimum absolute atomic E-state index is 0.0184. The number of alkyl halides is 3. The SMILES string of the molecule is CN(C)Cc1ccc2c(c1)c1nc(NCc3ccccc3)nc(Cl)c1n2CC(F)(F)F. The van der Waals surface area contributed by atoms with Gasteiger partial charge in [-0.3, -0.25) is 0 Å². The summed E-state index contributed by atoms with van der Waals surface area (Å²) in [6.45, 7) is -0.0462. The molecule has 2 heterocycles. The van der Waals surface area contributed by atoms with Crippen LogP contribution in [-0.2, 0) is 19.6 Å². The Morgan fingerprint density at radius 2 is 1.77 bits per heavy atom. The van der Waals surface area contributed by atoms with Crippen molar-refractivity contribution in [3.05, 3.63) is 64.8 Å². The van der Waals surface area contributed by atoms with Crippen molar-refractivity contribution in [3.63, 3.8) is 0 Å². The minimum atomic E-state index is -4.41. The summed E-state index contributed by atoms with van der Waals surface area (Å²) in [5.41, 5.74) is 3.00. The highest BCUT2D eigenvalue weighted by Crippen LogP contribution is 2.35. The van der Waals surface area contributed by atoms with Crippen LogP contribution in [0.4, 0.5) is 19.1 Å². The molecule has 0 saturated heterocycles. The fourth-order valence-corrected chi connectivity index (χ4v) is 3.92. The highest BCUT2D eigenvalue weighted by atomic mass is 35.5. The van der Waals surface area contributed by atoms with Gasteiger partial charge >= 0.3 is 6.18 Å². The first kappa shape index (κ1) is 21.4. The van der Waals surface area contributed by atoms with Crippen LogP contribution in [0, 0.1) is 0 Å². The molecule has 9 heteroatoms. The minimum Gasteiger partial charge on any atom is -0.350 e. The quantitative estimate of drug-likeness (QED) is 0.398. The number of halogens is 4. The highest BCUT2D eigenvalue weighted by molar-refractivity contribution is 6.35. The van der Waals surface area contributed by atoms with Crippen molar-refractivity contribution in [1.29, 1.82) is 0 Å². The lowest BCUT2D eigenvalue weighted by Crippen LogP contribution is -2.17. The Labute approximate surface area is 182 Å². The average Bonchev–Trinajstić information content (AvgIpc) is 2.99. The first-order valence-electron chi connectivity index (χ1n) is 9.69. The van der Waals surface area contributed by atoms with E-state index >= 15 is 0 Å². The van der Waals surface area contributed by atoms with E-state index in [0.717, 1.165) is 15.7 Å². The standard InChI is InChI=1S/C22H21ClF3N5/c1-30(2)12-15-8-9-17-16(10-15)18-19(31(17)13-22(24,25)26)20(23)29-21(28-18)27-11-14-6-4-3-5-7-14/h3-10H,11-13H2,1-2H3,(H,27,28,29). The highest BCUT2D eigenvalue weighted by Gasteiger charge is 2.31. The summed E-state index contributed by atoms with van der Waals surface area (Å²) in [5, 5.41) is 3.71. The van der Waals surface area contributed by atoms with Crippen LogP contribution in [0.15, 0.2) is 48.5 Å². The first-order chi connectivity index (χ1) is 14.7. The fourth-order valence-electron chi connectivity index (χ4n) is 3.65. The second kappa shape index (κ2) is 8.36. The number of benzene rings is 2. The molecule has 1 N–H and O–H groups in total. The van der Waals surface area contributed by atoms with Crippen LogP contribution in [0.3, 0.4) is 0 Å². The summed E-state index contributed by atoms with van der Waals surface area (Å²) in [5.74, 6) is 0.269. The van der Waals surface area contributed by atoms with Gasteiger partial charge in [-0.2, -0.15) is 18.2 Å². The number of hydrogen-bond acceptors (Lipinski definition) is 4. The molecule has 2 aromatic heterocycles. The predicted molar refractivity (Wildman–Crippen MR) is 117 cm³/mol. The maximum absolute atomic E-state index is 13.3. The van der Waals surface area contributed by atoms with Crippen molar-refractivity contribution in [1.82, 2.24) is 19.4 Å². The van der Waals surface area contributed by atoms with Crippen LogP contribution in [-0.4, -0.2) is 39.7 Å². The molecule has 0 aliphatic heterocycles. The zero-order valence-electron chi connectivity index (χ0n) is 17.0. The van der Waals surface area contributed by atoms with E-state index in [-0.39, 0.29) is 16.6 Å². The lowest BCUT2D eigenvalue weighted by molar-refractivity contribution is -0.139. The normalized spacial score (nSPS) is 12.2. The van der Waals surface area contributed by atoms with Gasteiger partial charge < -0.3 is 14.8 Å². The summed E-state index contributed by atoms with van der Waals surface area (Å²) in [6, 6.07) is 15.1. The van der Waals surface area contributed by atoms with Crippen LogP contribution in [0.5, 0.6) is 0 Å². The van der Waals surface area contributed by atoms with E-state index in [9.17, 15) is 13.2 Å². The number of nitrogens with zero attached hydrogens (tertiary/aromatic N) is 4. The second-order valence-corrected chi connectivity index (χ2v) is 8.02. The lowest BCUT2D eigenvalue weighted by atomic mass is 10.1. The molecule has 0 amide bonds. The smallest absolute Gasteiger partial charge is 0.350 e. The first-order valence-corrected chi connectivity index (χ1v) is 10.1. The van der Waals surface area contributed by atoms with Gasteiger partial charge in [-0.25, -0.2) is 4.98 Å². The molecular weight excluding hydrogens is 427 g/mol. The van der Waals surface area contributed by atoms with Crippen molar-refractivity contribution in [2.45, 2.75) is 25.8 Å². The number of nitrogens with one attached hydrogen (secondary N) is 1. The molecule has 5 nitrogen and oxygen atoms in total. The molecule has 0 unspecified atom stereocenters. The second-order valence-electron chi connectivity index (χ2n) is 7.66. The number of aromatic nitrogens is 3. The molecule has 0 radical (unpaired) electrons. The Balaban J connectivity index is 1.84. The van der Waals surface area contributed by atoms with Crippen LogP contribution >= 0.6 is 11.6 Å². The molecular formula is C22H21ClF3N5. The van der Waals surface area contributed by atoms with E-state index in [1.165, 1.54) is 0 Å². The summed E-state index contributed by atoms with van der Waals surface area (Å²) in [7, 11) is 3.86. The van der Waals surface area contributed by atoms with E-state index in [4.69, 9.17) is 11.6 Å². The van der Waals surface area contributed by atoms with Crippen molar-refractivity contribution in [2.24, 2.45) is 0 Å². The van der Waals surface area contributed by atoms with E-state index in [1.807, 2.05) is 61.5 Å². The predicted octanol–water partition coefficient (Wildman–Crippen LogP) is 5.47. The molecule has 31 heavy (non-hydrogen) atoms. The van der Waals surface area contributed by atoms with Crippen LogP contribution in [0.2, 0.25) is 5.15 Å². The average molecular weight is 448 g/mol. The summed E-state index contributed by atoms with van der Waals surface area (Å²) in [4.78, 5) is 10.8. The fraction of sp³-hybridized carbons (Fsp3) is 0.273. The topological polar surface area (TPSA) is 46.0 Å². The molecule has 0 atom stereocenters. The molecule has 162 valence electrons. The molecule has 0 aliphatic carbocycles. The summed E-state index contributed by atoms with van der Waals surface area (Å²) >= 11 is 6.39. The van der Waals surface area contributed by atoms with Crippen molar-refractivity contribution < 1.29 is 13.2 Å².